The molecule has 8 heteroatoms. The van der Waals surface area contributed by atoms with E-state index >= 15 is 0 Å². The van der Waals surface area contributed by atoms with Crippen LogP contribution in [0.15, 0.2) is 48.5 Å². The third-order valence-electron chi connectivity index (χ3n) is 5.65. The second-order valence-electron chi connectivity index (χ2n) is 8.33. The summed E-state index contributed by atoms with van der Waals surface area (Å²) in [6.45, 7) is 0.276. The van der Waals surface area contributed by atoms with E-state index in [2.05, 4.69) is 16.0 Å². The Morgan fingerprint density at radius 1 is 1.00 bits per heavy atom. The summed E-state index contributed by atoms with van der Waals surface area (Å²) in [5.41, 5.74) is -0.214. The number of halogens is 3. The molecule has 2 aliphatic carbocycles. The van der Waals surface area contributed by atoms with Crippen LogP contribution in [-0.4, -0.2) is 17.4 Å². The van der Waals surface area contributed by atoms with Gasteiger partial charge in [0.2, 0.25) is 11.8 Å². The summed E-state index contributed by atoms with van der Waals surface area (Å²) < 4.78 is 39.4. The number of nitrogens with one attached hydrogen (secondary N) is 3. The van der Waals surface area contributed by atoms with Crippen molar-refractivity contribution in [2.75, 3.05) is 5.32 Å². The van der Waals surface area contributed by atoms with Crippen LogP contribution in [0.1, 0.15) is 43.2 Å². The molecule has 5 nitrogen and oxygen atoms in total. The fourth-order valence-corrected chi connectivity index (χ4v) is 3.49. The first-order valence-electron chi connectivity index (χ1n) is 10.4. The van der Waals surface area contributed by atoms with Gasteiger partial charge in [-0.25, -0.2) is 0 Å². The predicted octanol–water partition coefficient (Wildman–Crippen LogP) is 4.51. The SMILES string of the molecule is O=C(CC1CC1)NC1(C(=O)NCc2ccc(Nc3ccccc3C(F)(F)F)cc2)CC1. The van der Waals surface area contributed by atoms with Crippen molar-refractivity contribution < 1.29 is 22.8 Å². The summed E-state index contributed by atoms with van der Waals surface area (Å²) in [4.78, 5) is 24.6. The third kappa shape index (κ3) is 5.37. The summed E-state index contributed by atoms with van der Waals surface area (Å²) >= 11 is 0. The first kappa shape index (κ1) is 21.2. The van der Waals surface area contributed by atoms with Gasteiger partial charge in [-0.3, -0.25) is 9.59 Å². The number of amides is 2. The molecule has 3 N–H and O–H groups in total. The number of hydrogen-bond donors (Lipinski definition) is 3. The van der Waals surface area contributed by atoms with Crippen molar-refractivity contribution in [3.8, 4) is 0 Å². The van der Waals surface area contributed by atoms with Gasteiger partial charge in [0.05, 0.1) is 11.3 Å². The molecule has 0 heterocycles. The molecule has 2 saturated carbocycles. The quantitative estimate of drug-likeness (QED) is 0.576. The van der Waals surface area contributed by atoms with Crippen molar-refractivity contribution >= 4 is 23.2 Å². The minimum absolute atomic E-state index is 0.0198. The number of rotatable bonds is 8. The zero-order valence-corrected chi connectivity index (χ0v) is 16.9. The topological polar surface area (TPSA) is 70.2 Å². The van der Waals surface area contributed by atoms with E-state index in [1.165, 1.54) is 12.1 Å². The molecule has 2 aliphatic rings. The van der Waals surface area contributed by atoms with Crippen LogP contribution in [0.25, 0.3) is 0 Å². The first-order chi connectivity index (χ1) is 14.7. The van der Waals surface area contributed by atoms with Crippen LogP contribution in [0.2, 0.25) is 0 Å². The molecule has 0 aliphatic heterocycles. The Balaban J connectivity index is 1.31. The second-order valence-corrected chi connectivity index (χ2v) is 8.33. The van der Waals surface area contributed by atoms with E-state index in [1.54, 1.807) is 30.3 Å². The number of carbonyl (C=O) groups is 2. The average Bonchev–Trinajstić information content (AvgIpc) is 3.65. The maximum absolute atomic E-state index is 13.1. The van der Waals surface area contributed by atoms with E-state index in [9.17, 15) is 22.8 Å². The zero-order valence-electron chi connectivity index (χ0n) is 16.9. The average molecular weight is 431 g/mol. The minimum atomic E-state index is -4.44. The third-order valence-corrected chi connectivity index (χ3v) is 5.65. The highest BCUT2D eigenvalue weighted by molar-refractivity contribution is 5.94. The van der Waals surface area contributed by atoms with Crippen LogP contribution in [0, 0.1) is 5.92 Å². The highest BCUT2D eigenvalue weighted by atomic mass is 19.4. The lowest BCUT2D eigenvalue weighted by Crippen LogP contribution is -2.48. The Labute approximate surface area is 178 Å². The van der Waals surface area contributed by atoms with Gasteiger partial charge in [0.1, 0.15) is 5.54 Å². The molecule has 0 spiro atoms. The van der Waals surface area contributed by atoms with Crippen LogP contribution in [-0.2, 0) is 22.3 Å². The van der Waals surface area contributed by atoms with Crippen LogP contribution < -0.4 is 16.0 Å². The summed E-state index contributed by atoms with van der Waals surface area (Å²) in [5, 5.41) is 8.52. The van der Waals surface area contributed by atoms with Crippen molar-refractivity contribution in [3.05, 3.63) is 59.7 Å². The molecule has 31 heavy (non-hydrogen) atoms. The van der Waals surface area contributed by atoms with Crippen molar-refractivity contribution in [2.45, 2.75) is 50.4 Å². The lowest BCUT2D eigenvalue weighted by Gasteiger charge is -2.17. The van der Waals surface area contributed by atoms with Crippen LogP contribution in [0.4, 0.5) is 24.5 Å². The van der Waals surface area contributed by atoms with Crippen LogP contribution in [0.5, 0.6) is 0 Å². The first-order valence-corrected chi connectivity index (χ1v) is 10.4. The van der Waals surface area contributed by atoms with Crippen molar-refractivity contribution in [1.82, 2.24) is 10.6 Å². The van der Waals surface area contributed by atoms with Gasteiger partial charge in [-0.2, -0.15) is 13.2 Å². The summed E-state index contributed by atoms with van der Waals surface area (Å²) in [5.74, 6) is 0.205. The molecule has 2 aromatic carbocycles. The van der Waals surface area contributed by atoms with E-state index in [0.717, 1.165) is 24.5 Å². The molecule has 0 saturated heterocycles. The fraction of sp³-hybridized carbons (Fsp3) is 0.391. The molecular weight excluding hydrogens is 407 g/mol. The van der Waals surface area contributed by atoms with Gasteiger partial charge in [-0.15, -0.1) is 0 Å². The number of benzene rings is 2. The predicted molar refractivity (Wildman–Crippen MR) is 110 cm³/mol. The van der Waals surface area contributed by atoms with Gasteiger partial charge in [-0.1, -0.05) is 24.3 Å². The van der Waals surface area contributed by atoms with E-state index in [4.69, 9.17) is 0 Å². The number of carbonyl (C=O) groups excluding carboxylic acids is 2. The highest BCUT2D eigenvalue weighted by Gasteiger charge is 2.51. The van der Waals surface area contributed by atoms with Crippen LogP contribution in [0.3, 0.4) is 0 Å². The molecule has 4 rings (SSSR count). The summed E-state index contributed by atoms with van der Waals surface area (Å²) in [6.07, 6.45) is -0.520. The number of hydrogen-bond acceptors (Lipinski definition) is 3. The molecule has 0 bridgehead atoms. The maximum Gasteiger partial charge on any atom is 0.418 e. The summed E-state index contributed by atoms with van der Waals surface area (Å²) in [6, 6.07) is 12.1. The number of para-hydroxylation sites is 1. The Hall–Kier alpha value is -3.03. The van der Waals surface area contributed by atoms with Crippen LogP contribution >= 0.6 is 0 Å². The molecule has 164 valence electrons. The Bertz CT molecular complexity index is 965. The lowest BCUT2D eigenvalue weighted by molar-refractivity contribution is -0.137. The molecule has 2 aromatic rings. The Kier molecular flexibility index (Phi) is 5.64. The highest BCUT2D eigenvalue weighted by Crippen LogP contribution is 2.38. The largest absolute Gasteiger partial charge is 0.418 e. The molecule has 0 aromatic heterocycles. The van der Waals surface area contributed by atoms with Crippen molar-refractivity contribution in [1.29, 1.82) is 0 Å². The molecule has 2 amide bonds. The molecule has 0 unspecified atom stereocenters. The zero-order chi connectivity index (χ0) is 22.1. The lowest BCUT2D eigenvalue weighted by atomic mass is 10.1. The normalized spacial score (nSPS) is 17.0. The smallest absolute Gasteiger partial charge is 0.355 e. The van der Waals surface area contributed by atoms with Gasteiger partial charge in [-0.05, 0) is 61.4 Å². The number of alkyl halides is 3. The standard InChI is InChI=1S/C23H24F3N3O2/c24-23(25,26)18-3-1-2-4-19(18)28-17-9-7-16(8-10-17)14-27-21(31)22(11-12-22)29-20(30)13-15-5-6-15/h1-4,7-10,15,28H,5-6,11-14H2,(H,27,31)(H,29,30). The van der Waals surface area contributed by atoms with E-state index in [0.29, 0.717) is 30.9 Å². The Morgan fingerprint density at radius 3 is 2.29 bits per heavy atom. The van der Waals surface area contributed by atoms with Crippen molar-refractivity contribution in [2.24, 2.45) is 5.92 Å². The van der Waals surface area contributed by atoms with Gasteiger partial charge in [0.25, 0.3) is 0 Å². The molecule has 2 fully saturated rings. The van der Waals surface area contributed by atoms with Gasteiger partial charge in [0.15, 0.2) is 0 Å². The number of anilines is 2. The van der Waals surface area contributed by atoms with E-state index < -0.39 is 17.3 Å². The maximum atomic E-state index is 13.1. The van der Waals surface area contributed by atoms with E-state index in [-0.39, 0.29) is 24.0 Å². The molecule has 0 atom stereocenters. The van der Waals surface area contributed by atoms with E-state index in [1.807, 2.05) is 0 Å². The van der Waals surface area contributed by atoms with Gasteiger partial charge < -0.3 is 16.0 Å². The van der Waals surface area contributed by atoms with Gasteiger partial charge >= 0.3 is 6.18 Å². The Morgan fingerprint density at radius 2 is 1.68 bits per heavy atom. The second kappa shape index (κ2) is 8.24. The molecular formula is C23H24F3N3O2. The molecule has 0 radical (unpaired) electrons. The monoisotopic (exact) mass is 431 g/mol. The fourth-order valence-electron chi connectivity index (χ4n) is 3.49. The van der Waals surface area contributed by atoms with Gasteiger partial charge in [0, 0.05) is 18.7 Å². The summed E-state index contributed by atoms with van der Waals surface area (Å²) in [7, 11) is 0. The van der Waals surface area contributed by atoms with Crippen molar-refractivity contribution in [3.63, 3.8) is 0 Å². The minimum Gasteiger partial charge on any atom is -0.355 e.